The van der Waals surface area contributed by atoms with Crippen LogP contribution in [0.15, 0.2) is 23.8 Å². The Morgan fingerprint density at radius 1 is 1.40 bits per heavy atom. The second kappa shape index (κ2) is 9.22. The van der Waals surface area contributed by atoms with E-state index in [1.165, 1.54) is 5.57 Å². The van der Waals surface area contributed by atoms with Gasteiger partial charge in [0, 0.05) is 18.8 Å². The quantitative estimate of drug-likeness (QED) is 0.489. The molecule has 0 saturated heterocycles. The maximum absolute atomic E-state index is 10.6. The molecule has 4 heteroatoms. The lowest BCUT2D eigenvalue weighted by Crippen LogP contribution is -2.19. The number of rotatable bonds is 7. The number of aliphatic hydroxyl groups excluding tert-OH is 2. The summed E-state index contributed by atoms with van der Waals surface area (Å²) in [6.07, 6.45) is 9.13. The van der Waals surface area contributed by atoms with Gasteiger partial charge in [-0.2, -0.15) is 0 Å². The third kappa shape index (κ3) is 5.45. The molecule has 2 rings (SSSR count). The minimum absolute atomic E-state index is 0.0769. The number of aliphatic carboxylic acids is 1. The second-order valence-corrected chi connectivity index (χ2v) is 7.49. The fourth-order valence-electron chi connectivity index (χ4n) is 4.16. The predicted octanol–water partition coefficient (Wildman–Crippen LogP) is 3.15. The highest BCUT2D eigenvalue weighted by Gasteiger charge is 2.44. The molecule has 2 fully saturated rings. The van der Waals surface area contributed by atoms with Gasteiger partial charge in [-0.1, -0.05) is 30.7 Å². The SMILES string of the molecule is CC#CC[C@H](C)[C@H](O)/C=C/[C@@H]1C2C/C(=C\CCC(=O)O)CC2C[C@H]1O. The molecule has 0 radical (unpaired) electrons. The molecule has 2 aliphatic rings. The third-order valence-electron chi connectivity index (χ3n) is 5.62. The normalized spacial score (nSPS) is 32.4. The van der Waals surface area contributed by atoms with Gasteiger partial charge >= 0.3 is 5.97 Å². The molecule has 2 saturated carbocycles. The van der Waals surface area contributed by atoms with Crippen LogP contribution >= 0.6 is 0 Å². The summed E-state index contributed by atoms with van der Waals surface area (Å²) in [4.78, 5) is 10.6. The summed E-state index contributed by atoms with van der Waals surface area (Å²) in [5.41, 5.74) is 1.33. The van der Waals surface area contributed by atoms with Crippen molar-refractivity contribution in [1.29, 1.82) is 0 Å². The molecule has 6 atom stereocenters. The van der Waals surface area contributed by atoms with Gasteiger partial charge in [-0.3, -0.25) is 4.79 Å². The fraction of sp³-hybridized carbons (Fsp3) is 0.667. The van der Waals surface area contributed by atoms with E-state index < -0.39 is 12.1 Å². The zero-order valence-electron chi connectivity index (χ0n) is 15.2. The van der Waals surface area contributed by atoms with Crippen molar-refractivity contribution >= 4 is 5.97 Å². The lowest BCUT2D eigenvalue weighted by molar-refractivity contribution is -0.136. The summed E-state index contributed by atoms with van der Waals surface area (Å²) >= 11 is 0. The summed E-state index contributed by atoms with van der Waals surface area (Å²) in [5, 5.41) is 29.4. The van der Waals surface area contributed by atoms with Gasteiger partial charge < -0.3 is 15.3 Å². The van der Waals surface area contributed by atoms with Crippen molar-refractivity contribution < 1.29 is 20.1 Å². The number of carboxylic acid groups (broad SMARTS) is 1. The average molecular weight is 346 g/mol. The Kier molecular flexibility index (Phi) is 7.28. The van der Waals surface area contributed by atoms with Crippen molar-refractivity contribution in [3.8, 4) is 11.8 Å². The summed E-state index contributed by atoms with van der Waals surface area (Å²) in [6.45, 7) is 3.78. The molecule has 0 amide bonds. The highest BCUT2D eigenvalue weighted by Crippen LogP contribution is 2.50. The Morgan fingerprint density at radius 3 is 2.84 bits per heavy atom. The molecule has 25 heavy (non-hydrogen) atoms. The van der Waals surface area contributed by atoms with E-state index >= 15 is 0 Å². The molecular weight excluding hydrogens is 316 g/mol. The van der Waals surface area contributed by atoms with Gasteiger partial charge in [-0.25, -0.2) is 0 Å². The van der Waals surface area contributed by atoms with E-state index in [2.05, 4.69) is 17.9 Å². The van der Waals surface area contributed by atoms with Crippen molar-refractivity contribution in [2.24, 2.45) is 23.7 Å². The first-order valence-electron chi connectivity index (χ1n) is 9.26. The summed E-state index contributed by atoms with van der Waals surface area (Å²) < 4.78 is 0. The van der Waals surface area contributed by atoms with Gasteiger partial charge in [0.25, 0.3) is 0 Å². The molecule has 0 bridgehead atoms. The van der Waals surface area contributed by atoms with Gasteiger partial charge in [0.2, 0.25) is 0 Å². The Morgan fingerprint density at radius 2 is 2.16 bits per heavy atom. The first-order chi connectivity index (χ1) is 11.9. The van der Waals surface area contributed by atoms with Crippen LogP contribution in [0, 0.1) is 35.5 Å². The maximum atomic E-state index is 10.6. The molecule has 0 aromatic rings. The van der Waals surface area contributed by atoms with E-state index in [4.69, 9.17) is 5.11 Å². The maximum Gasteiger partial charge on any atom is 0.303 e. The molecule has 0 aliphatic heterocycles. The Bertz CT molecular complexity index is 580. The molecular formula is C21H30O4. The Labute approximate surface area is 150 Å². The van der Waals surface area contributed by atoms with Crippen molar-refractivity contribution in [2.45, 2.75) is 64.6 Å². The Hall–Kier alpha value is -1.57. The molecule has 0 spiro atoms. The molecule has 2 aliphatic carbocycles. The first-order valence-corrected chi connectivity index (χ1v) is 9.26. The van der Waals surface area contributed by atoms with Crippen molar-refractivity contribution in [2.75, 3.05) is 0 Å². The lowest BCUT2D eigenvalue weighted by atomic mass is 9.89. The minimum Gasteiger partial charge on any atom is -0.481 e. The largest absolute Gasteiger partial charge is 0.481 e. The number of hydrogen-bond acceptors (Lipinski definition) is 3. The third-order valence-corrected chi connectivity index (χ3v) is 5.62. The minimum atomic E-state index is -0.762. The summed E-state index contributed by atoms with van der Waals surface area (Å²) in [7, 11) is 0. The smallest absolute Gasteiger partial charge is 0.303 e. The van der Waals surface area contributed by atoms with Crippen LogP contribution in [-0.2, 0) is 4.79 Å². The van der Waals surface area contributed by atoms with Gasteiger partial charge in [0.05, 0.1) is 12.2 Å². The zero-order chi connectivity index (χ0) is 18.4. The van der Waals surface area contributed by atoms with E-state index in [1.54, 1.807) is 6.92 Å². The van der Waals surface area contributed by atoms with Crippen molar-refractivity contribution in [3.05, 3.63) is 23.8 Å². The molecule has 0 aromatic heterocycles. The van der Waals surface area contributed by atoms with Crippen LogP contribution in [0.4, 0.5) is 0 Å². The van der Waals surface area contributed by atoms with Crippen LogP contribution in [-0.4, -0.2) is 33.5 Å². The molecule has 0 heterocycles. The van der Waals surface area contributed by atoms with E-state index in [9.17, 15) is 15.0 Å². The highest BCUT2D eigenvalue weighted by atomic mass is 16.4. The molecule has 3 N–H and O–H groups in total. The van der Waals surface area contributed by atoms with E-state index in [-0.39, 0.29) is 24.4 Å². The lowest BCUT2D eigenvalue weighted by Gasteiger charge is -2.19. The fourth-order valence-corrected chi connectivity index (χ4v) is 4.16. The number of fused-ring (bicyclic) bond motifs is 1. The van der Waals surface area contributed by atoms with E-state index in [0.29, 0.717) is 24.7 Å². The van der Waals surface area contributed by atoms with Gasteiger partial charge in [0.1, 0.15) is 0 Å². The van der Waals surface area contributed by atoms with Crippen LogP contribution in [0.2, 0.25) is 0 Å². The van der Waals surface area contributed by atoms with Crippen LogP contribution in [0.3, 0.4) is 0 Å². The molecule has 4 nitrogen and oxygen atoms in total. The number of allylic oxidation sites excluding steroid dienone is 2. The number of aliphatic hydroxyl groups is 2. The summed E-state index contributed by atoms with van der Waals surface area (Å²) in [5.74, 6) is 6.11. The summed E-state index contributed by atoms with van der Waals surface area (Å²) in [6, 6.07) is 0. The first kappa shape index (κ1) is 19.8. The number of carboxylic acids is 1. The topological polar surface area (TPSA) is 77.8 Å². The van der Waals surface area contributed by atoms with Gasteiger partial charge in [-0.15, -0.1) is 11.8 Å². The molecule has 0 aromatic carbocycles. The average Bonchev–Trinajstić information content (AvgIpc) is 3.06. The number of carbonyl (C=O) groups is 1. The Balaban J connectivity index is 1.93. The van der Waals surface area contributed by atoms with Crippen LogP contribution in [0.5, 0.6) is 0 Å². The van der Waals surface area contributed by atoms with Crippen LogP contribution in [0.25, 0.3) is 0 Å². The van der Waals surface area contributed by atoms with Crippen LogP contribution < -0.4 is 0 Å². The highest BCUT2D eigenvalue weighted by molar-refractivity contribution is 5.66. The van der Waals surface area contributed by atoms with E-state index in [1.807, 2.05) is 19.1 Å². The second-order valence-electron chi connectivity index (χ2n) is 7.49. The monoisotopic (exact) mass is 346 g/mol. The zero-order valence-corrected chi connectivity index (χ0v) is 15.2. The predicted molar refractivity (Wildman–Crippen MR) is 97.7 cm³/mol. The molecule has 2 unspecified atom stereocenters. The van der Waals surface area contributed by atoms with Gasteiger partial charge in [0.15, 0.2) is 0 Å². The van der Waals surface area contributed by atoms with Crippen LogP contribution in [0.1, 0.15) is 52.4 Å². The van der Waals surface area contributed by atoms with E-state index in [0.717, 1.165) is 19.3 Å². The van der Waals surface area contributed by atoms with Crippen molar-refractivity contribution in [1.82, 2.24) is 0 Å². The number of hydrogen-bond donors (Lipinski definition) is 3. The standard InChI is InChI=1S/C21H30O4/c1-3-4-6-14(2)19(22)10-9-17-18-12-15(7-5-8-21(24)25)11-16(18)13-20(17)23/h7,9-10,14,16-20,22-23H,5-6,8,11-13H2,1-2H3,(H,24,25)/b10-9+,15-7-/t14-,16?,17+,18?,19+,20+/m0/s1. The van der Waals surface area contributed by atoms with Crippen molar-refractivity contribution in [3.63, 3.8) is 0 Å². The van der Waals surface area contributed by atoms with Gasteiger partial charge in [-0.05, 0) is 50.4 Å². The molecule has 138 valence electrons.